The zero-order chi connectivity index (χ0) is 25.8. The molecule has 3 rings (SSSR count). The summed E-state index contributed by atoms with van der Waals surface area (Å²) in [5.41, 5.74) is 4.30. The van der Waals surface area contributed by atoms with E-state index in [9.17, 15) is 9.59 Å². The van der Waals surface area contributed by atoms with Crippen molar-refractivity contribution in [3.05, 3.63) is 101 Å². The summed E-state index contributed by atoms with van der Waals surface area (Å²) in [6.07, 6.45) is 1.31. The van der Waals surface area contributed by atoms with Crippen molar-refractivity contribution in [2.24, 2.45) is 0 Å². The summed E-state index contributed by atoms with van der Waals surface area (Å²) >= 11 is 1.56. The first kappa shape index (κ1) is 27.3. The molecule has 2 amide bonds. The van der Waals surface area contributed by atoms with Crippen LogP contribution in [-0.4, -0.2) is 42.2 Å². The molecule has 0 aromatic heterocycles. The summed E-state index contributed by atoms with van der Waals surface area (Å²) in [5.74, 6) is 1.67. The zero-order valence-electron chi connectivity index (χ0n) is 21.4. The topological polar surface area (TPSA) is 58.6 Å². The monoisotopic (exact) mass is 504 g/mol. The van der Waals surface area contributed by atoms with Gasteiger partial charge in [-0.3, -0.25) is 9.59 Å². The molecule has 0 saturated heterocycles. The Morgan fingerprint density at radius 3 is 2.33 bits per heavy atom. The predicted molar refractivity (Wildman–Crippen MR) is 148 cm³/mol. The van der Waals surface area contributed by atoms with Crippen molar-refractivity contribution in [3.63, 3.8) is 0 Å². The largest absolute Gasteiger partial charge is 0.497 e. The third-order valence-corrected chi connectivity index (χ3v) is 6.90. The van der Waals surface area contributed by atoms with Gasteiger partial charge in [-0.25, -0.2) is 0 Å². The lowest BCUT2D eigenvalue weighted by atomic mass is 10.0. The van der Waals surface area contributed by atoms with Gasteiger partial charge >= 0.3 is 0 Å². The normalized spacial score (nSPS) is 11.5. The molecule has 0 aliphatic heterocycles. The Morgan fingerprint density at radius 1 is 0.944 bits per heavy atom. The van der Waals surface area contributed by atoms with Crippen LogP contribution in [0.15, 0.2) is 78.9 Å². The Balaban J connectivity index is 1.81. The molecule has 1 unspecified atom stereocenters. The zero-order valence-corrected chi connectivity index (χ0v) is 22.2. The van der Waals surface area contributed by atoms with E-state index in [0.29, 0.717) is 31.0 Å². The van der Waals surface area contributed by atoms with Crippen molar-refractivity contribution < 1.29 is 14.3 Å². The molecular weight excluding hydrogens is 468 g/mol. The molecule has 1 atom stereocenters. The average molecular weight is 505 g/mol. The van der Waals surface area contributed by atoms with E-state index in [-0.39, 0.29) is 11.8 Å². The van der Waals surface area contributed by atoms with Crippen molar-refractivity contribution in [2.75, 3.05) is 19.4 Å². The van der Waals surface area contributed by atoms with Crippen molar-refractivity contribution >= 4 is 23.6 Å². The van der Waals surface area contributed by atoms with Crippen molar-refractivity contribution in [2.45, 2.75) is 45.0 Å². The Morgan fingerprint density at radius 2 is 1.67 bits per heavy atom. The highest BCUT2D eigenvalue weighted by Crippen LogP contribution is 2.20. The molecule has 0 spiro atoms. The van der Waals surface area contributed by atoms with Crippen LogP contribution in [0.5, 0.6) is 5.75 Å². The molecule has 3 aromatic carbocycles. The van der Waals surface area contributed by atoms with Crippen molar-refractivity contribution in [1.29, 1.82) is 0 Å². The van der Waals surface area contributed by atoms with Crippen molar-refractivity contribution in [3.8, 4) is 5.75 Å². The van der Waals surface area contributed by atoms with Gasteiger partial charge in [0.1, 0.15) is 11.8 Å². The van der Waals surface area contributed by atoms with Crippen LogP contribution >= 0.6 is 11.8 Å². The average Bonchev–Trinajstić information content (AvgIpc) is 2.90. The quantitative estimate of drug-likeness (QED) is 0.338. The van der Waals surface area contributed by atoms with E-state index in [4.69, 9.17) is 4.74 Å². The van der Waals surface area contributed by atoms with Crippen LogP contribution in [0.3, 0.4) is 0 Å². The molecular formula is C30H36N2O3S. The summed E-state index contributed by atoms with van der Waals surface area (Å²) in [6.45, 7) is 5.04. The van der Waals surface area contributed by atoms with Gasteiger partial charge in [0, 0.05) is 25.3 Å². The number of thioether (sulfide) groups is 1. The smallest absolute Gasteiger partial charge is 0.243 e. The fraction of sp³-hybridized carbons (Fsp3) is 0.333. The number of benzene rings is 3. The third-order valence-electron chi connectivity index (χ3n) is 5.91. The lowest BCUT2D eigenvalue weighted by Crippen LogP contribution is -2.51. The Hall–Kier alpha value is -3.25. The number of aryl methyl sites for hydroxylation is 1. The minimum absolute atomic E-state index is 0.0393. The van der Waals surface area contributed by atoms with Crippen LogP contribution < -0.4 is 10.1 Å². The first-order valence-electron chi connectivity index (χ1n) is 12.4. The van der Waals surface area contributed by atoms with Crippen LogP contribution in [0.25, 0.3) is 0 Å². The SMILES string of the molecule is CCCNC(=O)C(Cc1ccccc1)N(Cc1cccc(C)c1)C(=O)CSCc1ccc(OC)cc1. The summed E-state index contributed by atoms with van der Waals surface area (Å²) in [4.78, 5) is 28.7. The summed E-state index contributed by atoms with van der Waals surface area (Å²) in [5, 5.41) is 3.03. The number of ether oxygens (including phenoxy) is 1. The van der Waals surface area contributed by atoms with Gasteiger partial charge in [-0.2, -0.15) is 0 Å². The minimum atomic E-state index is -0.589. The van der Waals surface area contributed by atoms with Crippen LogP contribution in [0.1, 0.15) is 35.6 Å². The Labute approximate surface area is 219 Å². The maximum atomic E-state index is 13.6. The maximum absolute atomic E-state index is 13.6. The Bertz CT molecular complexity index is 1100. The minimum Gasteiger partial charge on any atom is -0.497 e. The number of amides is 2. The van der Waals surface area contributed by atoms with Gasteiger partial charge in [-0.05, 0) is 42.2 Å². The second kappa shape index (κ2) is 14.3. The number of carbonyl (C=O) groups excluding carboxylic acids is 2. The number of methoxy groups -OCH3 is 1. The second-order valence-electron chi connectivity index (χ2n) is 8.85. The fourth-order valence-electron chi connectivity index (χ4n) is 3.99. The number of hydrogen-bond donors (Lipinski definition) is 1. The predicted octanol–water partition coefficient (Wildman–Crippen LogP) is 5.40. The van der Waals surface area contributed by atoms with Gasteiger partial charge in [0.25, 0.3) is 0 Å². The van der Waals surface area contributed by atoms with Crippen LogP contribution in [0.2, 0.25) is 0 Å². The first-order chi connectivity index (χ1) is 17.5. The van der Waals surface area contributed by atoms with E-state index in [0.717, 1.165) is 34.4 Å². The molecule has 0 radical (unpaired) electrons. The molecule has 6 heteroatoms. The molecule has 5 nitrogen and oxygen atoms in total. The molecule has 1 N–H and O–H groups in total. The van der Waals surface area contributed by atoms with Gasteiger partial charge in [0.2, 0.25) is 11.8 Å². The van der Waals surface area contributed by atoms with E-state index < -0.39 is 6.04 Å². The number of hydrogen-bond acceptors (Lipinski definition) is 4. The van der Waals surface area contributed by atoms with E-state index in [2.05, 4.69) is 11.4 Å². The number of nitrogens with zero attached hydrogens (tertiary/aromatic N) is 1. The van der Waals surface area contributed by atoms with Crippen LogP contribution in [-0.2, 0) is 28.3 Å². The number of rotatable bonds is 13. The summed E-state index contributed by atoms with van der Waals surface area (Å²) in [6, 6.07) is 25.3. The summed E-state index contributed by atoms with van der Waals surface area (Å²) in [7, 11) is 1.65. The molecule has 0 aliphatic rings. The molecule has 0 saturated carbocycles. The number of nitrogens with one attached hydrogen (secondary N) is 1. The maximum Gasteiger partial charge on any atom is 0.243 e. The van der Waals surface area contributed by atoms with Crippen LogP contribution in [0.4, 0.5) is 0 Å². The van der Waals surface area contributed by atoms with E-state index >= 15 is 0 Å². The van der Waals surface area contributed by atoms with E-state index in [1.165, 1.54) is 0 Å². The second-order valence-corrected chi connectivity index (χ2v) is 9.83. The molecule has 190 valence electrons. The van der Waals surface area contributed by atoms with Crippen molar-refractivity contribution in [1.82, 2.24) is 10.2 Å². The molecule has 0 aliphatic carbocycles. The van der Waals surface area contributed by atoms with Gasteiger partial charge in [-0.15, -0.1) is 11.8 Å². The van der Waals surface area contributed by atoms with Gasteiger partial charge in [0.05, 0.1) is 12.9 Å². The molecule has 3 aromatic rings. The van der Waals surface area contributed by atoms with Crippen LogP contribution in [0, 0.1) is 6.92 Å². The lowest BCUT2D eigenvalue weighted by molar-refractivity contribution is -0.139. The van der Waals surface area contributed by atoms with Gasteiger partial charge < -0.3 is 15.0 Å². The molecule has 36 heavy (non-hydrogen) atoms. The standard InChI is InChI=1S/C30H36N2O3S/c1-4-17-31-30(34)28(19-24-10-6-5-7-11-24)32(20-26-12-8-9-23(2)18-26)29(33)22-36-21-25-13-15-27(35-3)16-14-25/h5-16,18,28H,4,17,19-22H2,1-3H3,(H,31,34). The highest BCUT2D eigenvalue weighted by molar-refractivity contribution is 7.99. The van der Waals surface area contributed by atoms with Gasteiger partial charge in [-0.1, -0.05) is 79.2 Å². The molecule has 0 fully saturated rings. The first-order valence-corrected chi connectivity index (χ1v) is 13.5. The van der Waals surface area contributed by atoms with E-state index in [1.807, 2.05) is 86.6 Å². The molecule has 0 bridgehead atoms. The van der Waals surface area contributed by atoms with Gasteiger partial charge in [0.15, 0.2) is 0 Å². The third kappa shape index (κ3) is 8.45. The lowest BCUT2D eigenvalue weighted by Gasteiger charge is -2.31. The van der Waals surface area contributed by atoms with E-state index in [1.54, 1.807) is 23.8 Å². The highest BCUT2D eigenvalue weighted by Gasteiger charge is 2.30. The highest BCUT2D eigenvalue weighted by atomic mass is 32.2. The molecule has 0 heterocycles. The number of carbonyl (C=O) groups is 2. The fourth-order valence-corrected chi connectivity index (χ4v) is 4.86. The summed E-state index contributed by atoms with van der Waals surface area (Å²) < 4.78 is 5.23. The Kier molecular flexibility index (Phi) is 10.9.